The molecule has 0 aliphatic carbocycles. The van der Waals surface area contributed by atoms with E-state index >= 15 is 0 Å². The van der Waals surface area contributed by atoms with Crippen LogP contribution in [0.25, 0.3) is 0 Å². The van der Waals surface area contributed by atoms with E-state index in [9.17, 15) is 10.1 Å². The molecule has 2 rings (SSSR count). The monoisotopic (exact) mass is 219 g/mol. The fourth-order valence-corrected chi connectivity index (χ4v) is 2.21. The number of nitrogens with zero attached hydrogens (tertiary/aromatic N) is 1. The molecular formula is C11H9NO2S. The Labute approximate surface area is 91.1 Å². The quantitative estimate of drug-likeness (QED) is 0.587. The Balaban J connectivity index is 2.15. The van der Waals surface area contributed by atoms with Gasteiger partial charge in [0.1, 0.15) is 0 Å². The van der Waals surface area contributed by atoms with Crippen LogP contribution in [0.1, 0.15) is 10.4 Å². The van der Waals surface area contributed by atoms with Crippen molar-refractivity contribution in [2.75, 3.05) is 0 Å². The molecule has 1 aromatic heterocycles. The van der Waals surface area contributed by atoms with Crippen LogP contribution in [-0.2, 0) is 6.42 Å². The lowest BCUT2D eigenvalue weighted by Crippen LogP contribution is -1.82. The first-order valence-corrected chi connectivity index (χ1v) is 5.34. The first-order chi connectivity index (χ1) is 7.25. The van der Waals surface area contributed by atoms with Crippen LogP contribution in [0.2, 0.25) is 0 Å². The third-order valence-electron chi connectivity index (χ3n) is 2.05. The standard InChI is InChI=1S/C11H9NO2S/c13-12(14)11-7-6-10(15-11)8-9-4-2-1-3-5-9/h1-7H,8H2. The van der Waals surface area contributed by atoms with E-state index in [0.29, 0.717) is 0 Å². The Morgan fingerprint density at radius 3 is 2.47 bits per heavy atom. The van der Waals surface area contributed by atoms with Gasteiger partial charge in [-0.25, -0.2) is 0 Å². The van der Waals surface area contributed by atoms with E-state index in [0.717, 1.165) is 11.3 Å². The Morgan fingerprint density at radius 1 is 1.13 bits per heavy atom. The second-order valence-corrected chi connectivity index (χ2v) is 4.31. The number of hydrogen-bond acceptors (Lipinski definition) is 3. The van der Waals surface area contributed by atoms with Gasteiger partial charge in [-0.3, -0.25) is 10.1 Å². The molecule has 2 aromatic rings. The maximum atomic E-state index is 10.5. The van der Waals surface area contributed by atoms with Crippen LogP contribution >= 0.6 is 11.3 Å². The van der Waals surface area contributed by atoms with Crippen LogP contribution in [-0.4, -0.2) is 4.92 Å². The summed E-state index contributed by atoms with van der Waals surface area (Å²) in [6, 6.07) is 13.3. The summed E-state index contributed by atoms with van der Waals surface area (Å²) >= 11 is 1.24. The van der Waals surface area contributed by atoms with Gasteiger partial charge in [0.05, 0.1) is 4.92 Å². The highest BCUT2D eigenvalue weighted by atomic mass is 32.1. The third kappa shape index (κ3) is 2.41. The highest BCUT2D eigenvalue weighted by Gasteiger charge is 2.09. The molecule has 0 bridgehead atoms. The van der Waals surface area contributed by atoms with Crippen LogP contribution in [0.5, 0.6) is 0 Å². The summed E-state index contributed by atoms with van der Waals surface area (Å²) in [7, 11) is 0. The van der Waals surface area contributed by atoms with Crippen LogP contribution in [0.15, 0.2) is 42.5 Å². The van der Waals surface area contributed by atoms with Gasteiger partial charge in [-0.1, -0.05) is 41.7 Å². The first kappa shape index (κ1) is 9.86. The molecule has 3 nitrogen and oxygen atoms in total. The van der Waals surface area contributed by atoms with Crippen molar-refractivity contribution in [1.82, 2.24) is 0 Å². The molecule has 0 atom stereocenters. The largest absolute Gasteiger partial charge is 0.324 e. The smallest absolute Gasteiger partial charge is 0.258 e. The van der Waals surface area contributed by atoms with Gasteiger partial charge in [0.25, 0.3) is 0 Å². The van der Waals surface area contributed by atoms with Gasteiger partial charge in [-0.15, -0.1) is 0 Å². The summed E-state index contributed by atoms with van der Waals surface area (Å²) in [5.41, 5.74) is 1.18. The van der Waals surface area contributed by atoms with Crippen molar-refractivity contribution in [2.45, 2.75) is 6.42 Å². The Bertz CT molecular complexity index is 464. The average molecular weight is 219 g/mol. The molecule has 0 N–H and O–H groups in total. The summed E-state index contributed by atoms with van der Waals surface area (Å²) in [6.45, 7) is 0. The van der Waals surface area contributed by atoms with Gasteiger partial charge in [0.15, 0.2) is 0 Å². The van der Waals surface area contributed by atoms with E-state index in [2.05, 4.69) is 0 Å². The molecule has 0 spiro atoms. The van der Waals surface area contributed by atoms with Crippen molar-refractivity contribution in [3.8, 4) is 0 Å². The number of hydrogen-bond donors (Lipinski definition) is 0. The molecule has 0 saturated carbocycles. The summed E-state index contributed by atoms with van der Waals surface area (Å²) < 4.78 is 0. The summed E-state index contributed by atoms with van der Waals surface area (Å²) in [5, 5.41) is 10.7. The lowest BCUT2D eigenvalue weighted by molar-refractivity contribution is -0.380. The van der Waals surface area contributed by atoms with Crippen molar-refractivity contribution in [3.63, 3.8) is 0 Å². The fourth-order valence-electron chi connectivity index (χ4n) is 1.36. The zero-order chi connectivity index (χ0) is 10.7. The lowest BCUT2D eigenvalue weighted by Gasteiger charge is -1.95. The molecule has 0 radical (unpaired) electrons. The van der Waals surface area contributed by atoms with E-state index < -0.39 is 0 Å². The number of nitro groups is 1. The predicted molar refractivity (Wildman–Crippen MR) is 60.2 cm³/mol. The van der Waals surface area contributed by atoms with Crippen LogP contribution in [0.3, 0.4) is 0 Å². The molecule has 0 fully saturated rings. The van der Waals surface area contributed by atoms with Crippen molar-refractivity contribution in [2.24, 2.45) is 0 Å². The highest BCUT2D eigenvalue weighted by Crippen LogP contribution is 2.25. The molecule has 0 aliphatic rings. The highest BCUT2D eigenvalue weighted by molar-refractivity contribution is 7.15. The maximum Gasteiger partial charge on any atom is 0.324 e. The molecule has 1 aromatic carbocycles. The molecule has 1 heterocycles. The van der Waals surface area contributed by atoms with Crippen molar-refractivity contribution in [3.05, 3.63) is 63.0 Å². The predicted octanol–water partition coefficient (Wildman–Crippen LogP) is 3.25. The van der Waals surface area contributed by atoms with E-state index in [1.54, 1.807) is 6.07 Å². The Kier molecular flexibility index (Phi) is 2.78. The van der Waals surface area contributed by atoms with E-state index in [4.69, 9.17) is 0 Å². The third-order valence-corrected chi connectivity index (χ3v) is 3.09. The number of thiophene rings is 1. The molecular weight excluding hydrogens is 210 g/mol. The first-order valence-electron chi connectivity index (χ1n) is 4.53. The number of benzene rings is 1. The van der Waals surface area contributed by atoms with E-state index in [1.165, 1.54) is 16.9 Å². The minimum Gasteiger partial charge on any atom is -0.258 e. The van der Waals surface area contributed by atoms with Crippen LogP contribution in [0, 0.1) is 10.1 Å². The van der Waals surface area contributed by atoms with Crippen molar-refractivity contribution in [1.29, 1.82) is 0 Å². The molecule has 0 amide bonds. The van der Waals surface area contributed by atoms with Gasteiger partial charge in [0.2, 0.25) is 0 Å². The molecule has 0 unspecified atom stereocenters. The van der Waals surface area contributed by atoms with Gasteiger partial charge in [-0.05, 0) is 11.6 Å². The van der Waals surface area contributed by atoms with E-state index in [1.807, 2.05) is 36.4 Å². The van der Waals surface area contributed by atoms with Crippen molar-refractivity contribution >= 4 is 16.3 Å². The number of rotatable bonds is 3. The topological polar surface area (TPSA) is 43.1 Å². The van der Waals surface area contributed by atoms with Gasteiger partial charge in [0, 0.05) is 17.4 Å². The summed E-state index contributed by atoms with van der Waals surface area (Å²) in [6.07, 6.45) is 0.763. The van der Waals surface area contributed by atoms with E-state index in [-0.39, 0.29) is 9.92 Å². The second-order valence-electron chi connectivity index (χ2n) is 3.16. The molecule has 0 aliphatic heterocycles. The van der Waals surface area contributed by atoms with Crippen LogP contribution in [0.4, 0.5) is 5.00 Å². The van der Waals surface area contributed by atoms with Crippen LogP contribution < -0.4 is 0 Å². The fraction of sp³-hybridized carbons (Fsp3) is 0.0909. The SMILES string of the molecule is O=[N+]([O-])c1ccc(Cc2ccccc2)s1. The van der Waals surface area contributed by atoms with Gasteiger partial charge >= 0.3 is 5.00 Å². The zero-order valence-corrected chi connectivity index (χ0v) is 8.74. The minimum absolute atomic E-state index is 0.209. The second kappa shape index (κ2) is 4.23. The average Bonchev–Trinajstić information content (AvgIpc) is 2.68. The minimum atomic E-state index is -0.348. The molecule has 15 heavy (non-hydrogen) atoms. The summed E-state index contributed by atoms with van der Waals surface area (Å²) in [4.78, 5) is 11.2. The van der Waals surface area contributed by atoms with Gasteiger partial charge < -0.3 is 0 Å². The summed E-state index contributed by atoms with van der Waals surface area (Å²) in [5.74, 6) is 0. The molecule has 4 heteroatoms. The van der Waals surface area contributed by atoms with Crippen molar-refractivity contribution < 1.29 is 4.92 Å². The zero-order valence-electron chi connectivity index (χ0n) is 7.92. The molecule has 76 valence electrons. The lowest BCUT2D eigenvalue weighted by atomic mass is 10.1. The normalized spacial score (nSPS) is 10.1. The molecule has 0 saturated heterocycles. The Hall–Kier alpha value is -1.68. The Morgan fingerprint density at radius 2 is 1.87 bits per heavy atom. The maximum absolute atomic E-state index is 10.5. The van der Waals surface area contributed by atoms with Gasteiger partial charge in [-0.2, -0.15) is 0 Å².